The highest BCUT2D eigenvalue weighted by Crippen LogP contribution is 2.36. The van der Waals surface area contributed by atoms with E-state index in [1.807, 2.05) is 31.2 Å². The molecule has 0 bridgehead atoms. The number of Topliss-reactive ketones (excluding diaryl/α,β-unsaturated/α-hetero) is 1. The van der Waals surface area contributed by atoms with Crippen molar-refractivity contribution in [2.24, 2.45) is 0 Å². The maximum Gasteiger partial charge on any atom is 0.165 e. The second kappa shape index (κ2) is 10.5. The molecule has 7 heteroatoms. The lowest BCUT2D eigenvalue weighted by Gasteiger charge is -2.15. The highest BCUT2D eigenvalue weighted by Gasteiger charge is 2.26. The summed E-state index contributed by atoms with van der Waals surface area (Å²) in [5, 5.41) is 5.05. The van der Waals surface area contributed by atoms with Crippen LogP contribution in [0.1, 0.15) is 84.9 Å². The maximum absolute atomic E-state index is 13.7. The summed E-state index contributed by atoms with van der Waals surface area (Å²) in [4.78, 5) is 13.7. The molecule has 0 N–H and O–H groups in total. The van der Waals surface area contributed by atoms with Crippen molar-refractivity contribution in [3.05, 3.63) is 82.4 Å². The summed E-state index contributed by atoms with van der Waals surface area (Å²) < 4.78 is 40.8. The van der Waals surface area contributed by atoms with Crippen molar-refractivity contribution in [1.82, 2.24) is 9.72 Å². The fourth-order valence-corrected chi connectivity index (χ4v) is 5.42. The summed E-state index contributed by atoms with van der Waals surface area (Å²) in [6.07, 6.45) is 5.22. The minimum atomic E-state index is -0.901. The van der Waals surface area contributed by atoms with Gasteiger partial charge < -0.3 is 13.8 Å². The Balaban J connectivity index is 1.55. The average Bonchev–Trinajstić information content (AvgIpc) is 3.60. The zero-order chi connectivity index (χ0) is 26.1. The molecule has 1 aliphatic carbocycles. The van der Waals surface area contributed by atoms with Gasteiger partial charge in [-0.05, 0) is 74.8 Å². The van der Waals surface area contributed by atoms with E-state index in [0.29, 0.717) is 24.1 Å². The van der Waals surface area contributed by atoms with Crippen LogP contribution in [0.5, 0.6) is 5.75 Å². The number of ether oxygens (including phenoxy) is 1. The van der Waals surface area contributed by atoms with Gasteiger partial charge in [-0.15, -0.1) is 0 Å². The Kier molecular flexibility index (Phi) is 7.13. The molecule has 0 aliphatic heterocycles. The van der Waals surface area contributed by atoms with Gasteiger partial charge in [-0.3, -0.25) is 4.79 Å². The Morgan fingerprint density at radius 1 is 1.11 bits per heavy atom. The average molecular weight is 507 g/mol. The Hall–Kier alpha value is -3.48. The first-order valence-electron chi connectivity index (χ1n) is 13.0. The van der Waals surface area contributed by atoms with Crippen LogP contribution in [0.25, 0.3) is 10.9 Å². The topological polar surface area (TPSA) is 57.3 Å². The second-order valence-corrected chi connectivity index (χ2v) is 10.3. The summed E-state index contributed by atoms with van der Waals surface area (Å²) in [5.74, 6) is -0.239. The number of nitrogens with zero attached hydrogens (tertiary/aromatic N) is 2. The van der Waals surface area contributed by atoms with Gasteiger partial charge >= 0.3 is 0 Å². The van der Waals surface area contributed by atoms with Crippen LogP contribution in [-0.2, 0) is 13.0 Å². The van der Waals surface area contributed by atoms with Crippen molar-refractivity contribution >= 4 is 16.7 Å². The lowest BCUT2D eigenvalue weighted by atomic mass is 9.96. The van der Waals surface area contributed by atoms with Crippen LogP contribution in [0.2, 0.25) is 0 Å². The van der Waals surface area contributed by atoms with E-state index in [9.17, 15) is 13.6 Å². The number of aryl methyl sites for hydroxylation is 2. The predicted molar refractivity (Wildman–Crippen MR) is 138 cm³/mol. The molecule has 0 saturated heterocycles. The summed E-state index contributed by atoms with van der Waals surface area (Å²) >= 11 is 0. The van der Waals surface area contributed by atoms with Gasteiger partial charge in [-0.2, -0.15) is 0 Å². The Morgan fingerprint density at radius 2 is 1.89 bits per heavy atom. The molecule has 5 nitrogen and oxygen atoms in total. The van der Waals surface area contributed by atoms with Crippen molar-refractivity contribution in [2.45, 2.75) is 77.9 Å². The van der Waals surface area contributed by atoms with E-state index in [2.05, 4.69) is 23.6 Å². The monoisotopic (exact) mass is 506 g/mol. The van der Waals surface area contributed by atoms with Gasteiger partial charge in [0.05, 0.1) is 18.2 Å². The smallest absolute Gasteiger partial charge is 0.165 e. The van der Waals surface area contributed by atoms with Gasteiger partial charge in [0, 0.05) is 35.2 Å². The number of hydrogen-bond acceptors (Lipinski definition) is 4. The Morgan fingerprint density at radius 3 is 2.57 bits per heavy atom. The van der Waals surface area contributed by atoms with E-state index >= 15 is 0 Å². The predicted octanol–water partition coefficient (Wildman–Crippen LogP) is 7.52. The number of carbonyl (C=O) groups excluding carboxylic acids is 1. The van der Waals surface area contributed by atoms with Crippen molar-refractivity contribution in [2.75, 3.05) is 0 Å². The van der Waals surface area contributed by atoms with Gasteiger partial charge in [-0.25, -0.2) is 8.78 Å². The number of aromatic nitrogens is 2. The SMILES string of the molecule is Cc1cc(Cn2c(C(C)C)c(C(=O)CCc3ccc(F)c(F)c3)c3ccc(OC4CCCC4)cc32)no1. The first kappa shape index (κ1) is 25.2. The molecule has 0 unspecified atom stereocenters. The number of benzene rings is 2. The van der Waals surface area contributed by atoms with Crippen molar-refractivity contribution in [3.8, 4) is 5.75 Å². The van der Waals surface area contributed by atoms with Crippen LogP contribution in [0, 0.1) is 18.6 Å². The molecular weight excluding hydrogens is 474 g/mol. The molecule has 0 atom stereocenters. The molecule has 0 amide bonds. The minimum Gasteiger partial charge on any atom is -0.490 e. The maximum atomic E-state index is 13.7. The minimum absolute atomic E-state index is 0.0297. The number of hydrogen-bond donors (Lipinski definition) is 0. The molecule has 5 rings (SSSR count). The lowest BCUT2D eigenvalue weighted by Crippen LogP contribution is -2.11. The van der Waals surface area contributed by atoms with Gasteiger partial charge in [0.15, 0.2) is 17.4 Å². The molecule has 1 aliphatic rings. The van der Waals surface area contributed by atoms with Crippen LogP contribution < -0.4 is 4.74 Å². The summed E-state index contributed by atoms with van der Waals surface area (Å²) in [5.41, 5.74) is 3.87. The highest BCUT2D eigenvalue weighted by molar-refractivity contribution is 6.10. The van der Waals surface area contributed by atoms with Crippen molar-refractivity contribution in [3.63, 3.8) is 0 Å². The van der Waals surface area contributed by atoms with Gasteiger partial charge in [0.1, 0.15) is 17.2 Å². The fraction of sp³-hybridized carbons (Fsp3) is 0.400. The number of fused-ring (bicyclic) bond motifs is 1. The fourth-order valence-electron chi connectivity index (χ4n) is 5.42. The first-order valence-corrected chi connectivity index (χ1v) is 13.0. The molecule has 2 aromatic carbocycles. The van der Waals surface area contributed by atoms with Crippen LogP contribution in [-0.4, -0.2) is 21.6 Å². The Bertz CT molecular complexity index is 1430. The van der Waals surface area contributed by atoms with Crippen LogP contribution in [0.15, 0.2) is 47.0 Å². The van der Waals surface area contributed by atoms with Crippen molar-refractivity contribution < 1.29 is 22.8 Å². The van der Waals surface area contributed by atoms with E-state index in [-0.39, 0.29) is 24.2 Å². The summed E-state index contributed by atoms with van der Waals surface area (Å²) in [6, 6.07) is 11.6. The van der Waals surface area contributed by atoms with Crippen LogP contribution in [0.3, 0.4) is 0 Å². The van der Waals surface area contributed by atoms with Crippen LogP contribution in [0.4, 0.5) is 8.78 Å². The van der Waals surface area contributed by atoms with E-state index < -0.39 is 11.6 Å². The molecule has 0 spiro atoms. The molecule has 1 fully saturated rings. The number of rotatable bonds is 9. The standard InChI is InChI=1S/C30H32F2N2O3/c1-18(2)30-29(28(35)13-9-20-8-12-25(31)26(32)15-20)24-11-10-23(36-22-6-4-5-7-22)16-27(24)34(30)17-21-14-19(3)37-33-21/h8,10-12,14-16,18,22H,4-7,9,13,17H2,1-3H3. The largest absolute Gasteiger partial charge is 0.490 e. The summed E-state index contributed by atoms with van der Waals surface area (Å²) in [7, 11) is 0. The lowest BCUT2D eigenvalue weighted by molar-refractivity contribution is 0.0982. The molecule has 37 heavy (non-hydrogen) atoms. The second-order valence-electron chi connectivity index (χ2n) is 10.3. The number of carbonyl (C=O) groups is 1. The molecule has 2 heterocycles. The van der Waals surface area contributed by atoms with Gasteiger partial charge in [0.25, 0.3) is 0 Å². The quantitative estimate of drug-likeness (QED) is 0.220. The molecule has 0 radical (unpaired) electrons. The summed E-state index contributed by atoms with van der Waals surface area (Å²) in [6.45, 7) is 6.46. The first-order chi connectivity index (χ1) is 17.8. The molecule has 2 aromatic heterocycles. The molecule has 194 valence electrons. The van der Waals surface area contributed by atoms with Gasteiger partial charge in [-0.1, -0.05) is 25.1 Å². The van der Waals surface area contributed by atoms with Crippen molar-refractivity contribution in [1.29, 1.82) is 0 Å². The van der Waals surface area contributed by atoms with Gasteiger partial charge in [0.2, 0.25) is 0 Å². The van der Waals surface area contributed by atoms with Crippen LogP contribution >= 0.6 is 0 Å². The number of halogens is 2. The van der Waals surface area contributed by atoms with E-state index in [0.717, 1.165) is 58.8 Å². The zero-order valence-corrected chi connectivity index (χ0v) is 21.5. The van der Waals surface area contributed by atoms with E-state index in [4.69, 9.17) is 9.26 Å². The Labute approximate surface area is 215 Å². The van der Waals surface area contributed by atoms with E-state index in [1.54, 1.807) is 0 Å². The third-order valence-corrected chi connectivity index (χ3v) is 7.13. The highest BCUT2D eigenvalue weighted by atomic mass is 19.2. The number of ketones is 1. The molecule has 1 saturated carbocycles. The third-order valence-electron chi connectivity index (χ3n) is 7.13. The molecular formula is C30H32F2N2O3. The van der Waals surface area contributed by atoms with E-state index in [1.165, 1.54) is 18.9 Å². The molecule has 4 aromatic rings. The third kappa shape index (κ3) is 5.31. The normalized spacial score (nSPS) is 14.2. The zero-order valence-electron chi connectivity index (χ0n) is 21.5.